The molecule has 0 N–H and O–H groups in total. The van der Waals surface area contributed by atoms with Gasteiger partial charge in [-0.2, -0.15) is 0 Å². The van der Waals surface area contributed by atoms with Crippen LogP contribution >= 0.6 is 11.3 Å². The second-order valence-electron chi connectivity index (χ2n) is 3.87. The summed E-state index contributed by atoms with van der Waals surface area (Å²) in [7, 11) is 1.94. The Balaban J connectivity index is 2.09. The molecule has 0 radical (unpaired) electrons. The van der Waals surface area contributed by atoms with Crippen molar-refractivity contribution in [2.75, 3.05) is 0 Å². The number of carbonyl (C=O) groups is 1. The van der Waals surface area contributed by atoms with Gasteiger partial charge in [0.2, 0.25) is 5.78 Å². The van der Waals surface area contributed by atoms with E-state index in [0.29, 0.717) is 5.56 Å². The zero-order valence-electron chi connectivity index (χ0n) is 9.25. The SMILES string of the molecule is Cn1cnc2cc(C(=O)c3cccs3)ccc21. The fraction of sp³-hybridized carbons (Fsp3) is 0.0769. The molecule has 3 aromatic rings. The number of benzene rings is 1. The Kier molecular flexibility index (Phi) is 2.30. The van der Waals surface area contributed by atoms with Crippen LogP contribution in [-0.2, 0) is 7.05 Å². The van der Waals surface area contributed by atoms with E-state index >= 15 is 0 Å². The molecular weight excluding hydrogens is 232 g/mol. The van der Waals surface area contributed by atoms with Crippen molar-refractivity contribution in [3.63, 3.8) is 0 Å². The molecule has 0 unspecified atom stereocenters. The van der Waals surface area contributed by atoms with E-state index in [-0.39, 0.29) is 5.78 Å². The molecule has 17 heavy (non-hydrogen) atoms. The number of hydrogen-bond acceptors (Lipinski definition) is 3. The van der Waals surface area contributed by atoms with Crippen LogP contribution in [0.3, 0.4) is 0 Å². The van der Waals surface area contributed by atoms with Crippen molar-refractivity contribution in [3.05, 3.63) is 52.5 Å². The van der Waals surface area contributed by atoms with Crippen molar-refractivity contribution in [2.45, 2.75) is 0 Å². The summed E-state index contributed by atoms with van der Waals surface area (Å²) in [5.41, 5.74) is 2.58. The highest BCUT2D eigenvalue weighted by Gasteiger charge is 2.11. The fourth-order valence-electron chi connectivity index (χ4n) is 1.83. The van der Waals surface area contributed by atoms with Gasteiger partial charge < -0.3 is 4.57 Å². The normalized spacial score (nSPS) is 10.9. The summed E-state index contributed by atoms with van der Waals surface area (Å²) < 4.78 is 1.94. The summed E-state index contributed by atoms with van der Waals surface area (Å²) >= 11 is 1.46. The molecule has 0 spiro atoms. The average Bonchev–Trinajstić information content (AvgIpc) is 2.98. The number of hydrogen-bond donors (Lipinski definition) is 0. The predicted molar refractivity (Wildman–Crippen MR) is 68.5 cm³/mol. The third kappa shape index (κ3) is 1.66. The van der Waals surface area contributed by atoms with Crippen molar-refractivity contribution >= 4 is 28.2 Å². The molecule has 1 aromatic carbocycles. The third-order valence-corrected chi connectivity index (χ3v) is 3.60. The number of rotatable bonds is 2. The molecule has 2 heterocycles. The molecule has 0 amide bonds. The zero-order chi connectivity index (χ0) is 11.8. The number of fused-ring (bicyclic) bond motifs is 1. The molecule has 0 atom stereocenters. The van der Waals surface area contributed by atoms with Crippen LogP contribution in [0.4, 0.5) is 0 Å². The molecule has 0 fully saturated rings. The summed E-state index contributed by atoms with van der Waals surface area (Å²) in [6, 6.07) is 9.36. The van der Waals surface area contributed by atoms with Gasteiger partial charge in [0.05, 0.1) is 22.2 Å². The van der Waals surface area contributed by atoms with Gasteiger partial charge in [-0.1, -0.05) is 6.07 Å². The smallest absolute Gasteiger partial charge is 0.203 e. The van der Waals surface area contributed by atoms with E-state index < -0.39 is 0 Å². The summed E-state index contributed by atoms with van der Waals surface area (Å²) in [6.07, 6.45) is 1.75. The minimum Gasteiger partial charge on any atom is -0.334 e. The van der Waals surface area contributed by atoms with Gasteiger partial charge in [0, 0.05) is 12.6 Å². The lowest BCUT2D eigenvalue weighted by molar-refractivity contribution is 0.104. The maximum absolute atomic E-state index is 12.1. The first-order valence-corrected chi connectivity index (χ1v) is 6.13. The highest BCUT2D eigenvalue weighted by molar-refractivity contribution is 7.12. The molecule has 0 saturated heterocycles. The van der Waals surface area contributed by atoms with Crippen molar-refractivity contribution in [3.8, 4) is 0 Å². The number of ketones is 1. The standard InChI is InChI=1S/C13H10N2OS/c1-15-8-14-10-7-9(4-5-11(10)15)13(16)12-3-2-6-17-12/h2-8H,1H3. The first-order valence-electron chi connectivity index (χ1n) is 5.25. The van der Waals surface area contributed by atoms with Crippen LogP contribution in [0.25, 0.3) is 11.0 Å². The molecule has 4 heteroatoms. The van der Waals surface area contributed by atoms with Gasteiger partial charge in [0.1, 0.15) is 0 Å². The van der Waals surface area contributed by atoms with Gasteiger partial charge >= 0.3 is 0 Å². The topological polar surface area (TPSA) is 34.9 Å². The van der Waals surface area contributed by atoms with Crippen molar-refractivity contribution in [2.24, 2.45) is 7.05 Å². The molecule has 84 valence electrons. The number of aromatic nitrogens is 2. The third-order valence-electron chi connectivity index (χ3n) is 2.73. The highest BCUT2D eigenvalue weighted by atomic mass is 32.1. The van der Waals surface area contributed by atoms with E-state index in [4.69, 9.17) is 0 Å². The zero-order valence-corrected chi connectivity index (χ0v) is 10.1. The molecule has 0 aliphatic heterocycles. The molecule has 0 saturated carbocycles. The minimum atomic E-state index is 0.0625. The van der Waals surface area contributed by atoms with Gasteiger partial charge in [0.15, 0.2) is 0 Å². The van der Waals surface area contributed by atoms with Gasteiger partial charge in [-0.15, -0.1) is 11.3 Å². The summed E-state index contributed by atoms with van der Waals surface area (Å²) in [5.74, 6) is 0.0625. The Morgan fingerprint density at radius 1 is 1.35 bits per heavy atom. The number of nitrogens with zero attached hydrogens (tertiary/aromatic N) is 2. The van der Waals surface area contributed by atoms with Gasteiger partial charge in [-0.3, -0.25) is 4.79 Å². The van der Waals surface area contributed by atoms with Crippen molar-refractivity contribution in [1.29, 1.82) is 0 Å². The number of carbonyl (C=O) groups excluding carboxylic acids is 1. The second kappa shape index (κ2) is 3.82. The lowest BCUT2D eigenvalue weighted by Gasteiger charge is -1.99. The molecule has 2 aromatic heterocycles. The molecule has 0 aliphatic rings. The maximum Gasteiger partial charge on any atom is 0.203 e. The summed E-state index contributed by atoms with van der Waals surface area (Å²) in [5, 5.41) is 1.91. The molecular formula is C13H10N2OS. The van der Waals surface area contributed by atoms with Crippen molar-refractivity contribution < 1.29 is 4.79 Å². The van der Waals surface area contributed by atoms with Crippen LogP contribution in [0, 0.1) is 0 Å². The average molecular weight is 242 g/mol. The van der Waals surface area contributed by atoms with Gasteiger partial charge in [-0.25, -0.2) is 4.98 Å². The van der Waals surface area contributed by atoms with E-state index in [2.05, 4.69) is 4.98 Å². The Labute approximate surface area is 102 Å². The highest BCUT2D eigenvalue weighted by Crippen LogP contribution is 2.19. The first-order chi connectivity index (χ1) is 8.25. The molecule has 0 bridgehead atoms. The minimum absolute atomic E-state index is 0.0625. The molecule has 3 rings (SSSR count). The van der Waals surface area contributed by atoms with Crippen LogP contribution in [0.2, 0.25) is 0 Å². The Morgan fingerprint density at radius 2 is 2.24 bits per heavy atom. The second-order valence-corrected chi connectivity index (χ2v) is 4.81. The van der Waals surface area contributed by atoms with Crippen LogP contribution in [-0.4, -0.2) is 15.3 Å². The first kappa shape index (κ1) is 10.2. The monoisotopic (exact) mass is 242 g/mol. The van der Waals surface area contributed by atoms with E-state index in [1.54, 1.807) is 6.33 Å². The van der Waals surface area contributed by atoms with Crippen LogP contribution in [0.5, 0.6) is 0 Å². The van der Waals surface area contributed by atoms with Gasteiger partial charge in [-0.05, 0) is 29.6 Å². The van der Waals surface area contributed by atoms with Gasteiger partial charge in [0.25, 0.3) is 0 Å². The Bertz CT molecular complexity index is 683. The molecule has 0 aliphatic carbocycles. The predicted octanol–water partition coefficient (Wildman–Crippen LogP) is 2.87. The number of thiophene rings is 1. The van der Waals surface area contributed by atoms with E-state index in [9.17, 15) is 4.79 Å². The number of aryl methyl sites for hydroxylation is 1. The lowest BCUT2D eigenvalue weighted by atomic mass is 10.1. The maximum atomic E-state index is 12.1. The van der Waals surface area contributed by atoms with E-state index in [0.717, 1.165) is 15.9 Å². The van der Waals surface area contributed by atoms with Crippen LogP contribution in [0.1, 0.15) is 15.2 Å². The summed E-state index contributed by atoms with van der Waals surface area (Å²) in [4.78, 5) is 17.2. The Morgan fingerprint density at radius 3 is 3.00 bits per heavy atom. The fourth-order valence-corrected chi connectivity index (χ4v) is 2.51. The number of imidazole rings is 1. The van der Waals surface area contributed by atoms with Crippen molar-refractivity contribution in [1.82, 2.24) is 9.55 Å². The van der Waals surface area contributed by atoms with E-state index in [1.165, 1.54) is 11.3 Å². The van der Waals surface area contributed by atoms with Crippen LogP contribution < -0.4 is 0 Å². The summed E-state index contributed by atoms with van der Waals surface area (Å²) in [6.45, 7) is 0. The largest absolute Gasteiger partial charge is 0.334 e. The quantitative estimate of drug-likeness (QED) is 0.648. The van der Waals surface area contributed by atoms with Crippen LogP contribution in [0.15, 0.2) is 42.0 Å². The molecule has 3 nitrogen and oxygen atoms in total. The van der Waals surface area contributed by atoms with E-state index in [1.807, 2.05) is 47.3 Å². The lowest BCUT2D eigenvalue weighted by Crippen LogP contribution is -1.98. The Hall–Kier alpha value is -1.94.